The Labute approximate surface area is 107 Å². The van der Waals surface area contributed by atoms with Gasteiger partial charge in [0, 0.05) is 5.92 Å². The number of rotatable bonds is 2. The van der Waals surface area contributed by atoms with Crippen LogP contribution in [0.1, 0.15) is 24.0 Å². The van der Waals surface area contributed by atoms with Crippen LogP contribution in [-0.2, 0) is 11.2 Å². The summed E-state index contributed by atoms with van der Waals surface area (Å²) in [5.41, 5.74) is 2.03. The van der Waals surface area contributed by atoms with E-state index < -0.39 is 0 Å². The predicted octanol–water partition coefficient (Wildman–Crippen LogP) is 1.91. The monoisotopic (exact) mass is 245 g/mol. The Morgan fingerprint density at radius 1 is 1.33 bits per heavy atom. The number of fused-ring (bicyclic) bond motifs is 3. The molecule has 96 valence electrons. The van der Waals surface area contributed by atoms with Crippen LogP contribution in [0.4, 0.5) is 0 Å². The van der Waals surface area contributed by atoms with Gasteiger partial charge in [-0.15, -0.1) is 0 Å². The molecule has 1 atom stereocenters. The number of hydrogen-bond acceptors (Lipinski definition) is 3. The second-order valence-corrected chi connectivity index (χ2v) is 5.56. The number of Topliss-reactive ketones (excluding diaryl/α,β-unsaturated/α-hetero) is 1. The summed E-state index contributed by atoms with van der Waals surface area (Å²) < 4.78 is 0. The number of ketones is 1. The van der Waals surface area contributed by atoms with Gasteiger partial charge in [0.25, 0.3) is 0 Å². The molecule has 4 rings (SSSR count). The SMILES string of the molecule is Cc1ccc(O)c(CC2C(=O)C3CCN2CC3)c1. The average Bonchev–Trinajstić information content (AvgIpc) is 2.38. The van der Waals surface area contributed by atoms with Crippen molar-refractivity contribution >= 4 is 5.78 Å². The van der Waals surface area contributed by atoms with Crippen molar-refractivity contribution in [1.29, 1.82) is 0 Å². The van der Waals surface area contributed by atoms with Crippen LogP contribution >= 0.6 is 0 Å². The first kappa shape index (κ1) is 11.7. The molecule has 0 aliphatic carbocycles. The fourth-order valence-corrected chi connectivity index (χ4v) is 3.26. The summed E-state index contributed by atoms with van der Waals surface area (Å²) in [6, 6.07) is 5.61. The summed E-state index contributed by atoms with van der Waals surface area (Å²) in [5.74, 6) is 0.969. The van der Waals surface area contributed by atoms with Crippen molar-refractivity contribution in [3.8, 4) is 5.75 Å². The van der Waals surface area contributed by atoms with Crippen LogP contribution in [-0.4, -0.2) is 34.9 Å². The average molecular weight is 245 g/mol. The third-order valence-corrected chi connectivity index (χ3v) is 4.35. The van der Waals surface area contributed by atoms with Crippen molar-refractivity contribution in [2.24, 2.45) is 5.92 Å². The van der Waals surface area contributed by atoms with Gasteiger partial charge in [-0.25, -0.2) is 0 Å². The van der Waals surface area contributed by atoms with Crippen LogP contribution in [0.3, 0.4) is 0 Å². The summed E-state index contributed by atoms with van der Waals surface area (Å²) in [6.07, 6.45) is 2.70. The molecule has 0 aromatic heterocycles. The quantitative estimate of drug-likeness (QED) is 0.865. The number of carbonyl (C=O) groups is 1. The number of carbonyl (C=O) groups excluding carboxylic acids is 1. The van der Waals surface area contributed by atoms with Crippen molar-refractivity contribution in [3.05, 3.63) is 29.3 Å². The van der Waals surface area contributed by atoms with E-state index in [1.165, 1.54) is 0 Å². The molecule has 0 saturated carbocycles. The van der Waals surface area contributed by atoms with Gasteiger partial charge in [0.15, 0.2) is 5.78 Å². The fraction of sp³-hybridized carbons (Fsp3) is 0.533. The molecule has 1 aromatic carbocycles. The number of aryl methyl sites for hydroxylation is 1. The number of benzene rings is 1. The lowest BCUT2D eigenvalue weighted by Gasteiger charge is -2.44. The van der Waals surface area contributed by atoms with Crippen molar-refractivity contribution in [1.82, 2.24) is 4.90 Å². The Morgan fingerprint density at radius 2 is 2.06 bits per heavy atom. The minimum absolute atomic E-state index is 0.00907. The van der Waals surface area contributed by atoms with E-state index in [-0.39, 0.29) is 12.0 Å². The predicted molar refractivity (Wildman–Crippen MR) is 69.6 cm³/mol. The maximum atomic E-state index is 12.3. The third kappa shape index (κ3) is 1.93. The first-order valence-electron chi connectivity index (χ1n) is 6.71. The molecule has 3 saturated heterocycles. The zero-order chi connectivity index (χ0) is 12.7. The lowest BCUT2D eigenvalue weighted by Crippen LogP contribution is -2.56. The van der Waals surface area contributed by atoms with E-state index in [0.717, 1.165) is 37.1 Å². The van der Waals surface area contributed by atoms with Crippen molar-refractivity contribution in [2.45, 2.75) is 32.2 Å². The summed E-state index contributed by atoms with van der Waals surface area (Å²) in [5, 5.41) is 9.89. The molecule has 0 amide bonds. The first-order chi connectivity index (χ1) is 8.65. The van der Waals surface area contributed by atoms with E-state index in [9.17, 15) is 9.90 Å². The standard InChI is InChI=1S/C15H19NO2/c1-10-2-3-14(17)12(8-10)9-13-15(18)11-4-6-16(13)7-5-11/h2-3,8,11,13,17H,4-7,9H2,1H3. The highest BCUT2D eigenvalue weighted by molar-refractivity contribution is 5.88. The van der Waals surface area contributed by atoms with Crippen LogP contribution in [0.2, 0.25) is 0 Å². The number of piperidine rings is 3. The highest BCUT2D eigenvalue weighted by atomic mass is 16.3. The van der Waals surface area contributed by atoms with Crippen LogP contribution in [0.25, 0.3) is 0 Å². The normalized spacial score (nSPS) is 30.7. The summed E-state index contributed by atoms with van der Waals surface area (Å²) >= 11 is 0. The zero-order valence-electron chi connectivity index (χ0n) is 10.7. The number of hydrogen-bond donors (Lipinski definition) is 1. The first-order valence-corrected chi connectivity index (χ1v) is 6.71. The van der Waals surface area contributed by atoms with Gasteiger partial charge in [0.1, 0.15) is 5.75 Å². The summed E-state index contributed by atoms with van der Waals surface area (Å²) in [7, 11) is 0. The van der Waals surface area contributed by atoms with Gasteiger partial charge in [-0.1, -0.05) is 17.7 Å². The number of nitrogens with zero attached hydrogens (tertiary/aromatic N) is 1. The fourth-order valence-electron chi connectivity index (χ4n) is 3.26. The zero-order valence-corrected chi connectivity index (χ0v) is 10.7. The summed E-state index contributed by atoms with van der Waals surface area (Å²) in [4.78, 5) is 14.5. The molecule has 18 heavy (non-hydrogen) atoms. The second kappa shape index (κ2) is 4.39. The Kier molecular flexibility index (Phi) is 2.86. The van der Waals surface area contributed by atoms with Crippen LogP contribution in [0.15, 0.2) is 18.2 Å². The van der Waals surface area contributed by atoms with Crippen LogP contribution < -0.4 is 0 Å². The van der Waals surface area contributed by atoms with Crippen molar-refractivity contribution in [2.75, 3.05) is 13.1 Å². The number of phenolic OH excluding ortho intramolecular Hbond substituents is 1. The van der Waals surface area contributed by atoms with E-state index in [0.29, 0.717) is 18.0 Å². The molecule has 1 aromatic rings. The maximum Gasteiger partial charge on any atom is 0.153 e. The topological polar surface area (TPSA) is 40.5 Å². The Hall–Kier alpha value is -1.35. The molecular weight excluding hydrogens is 226 g/mol. The molecule has 1 unspecified atom stereocenters. The minimum Gasteiger partial charge on any atom is -0.508 e. The van der Waals surface area contributed by atoms with E-state index >= 15 is 0 Å². The van der Waals surface area contributed by atoms with E-state index in [2.05, 4.69) is 4.90 Å². The molecular formula is C15H19NO2. The molecule has 3 heterocycles. The van der Waals surface area contributed by atoms with Crippen molar-refractivity contribution < 1.29 is 9.90 Å². The molecule has 1 N–H and O–H groups in total. The van der Waals surface area contributed by atoms with E-state index in [1.54, 1.807) is 6.07 Å². The molecule has 3 heteroatoms. The number of phenols is 1. The second-order valence-electron chi connectivity index (χ2n) is 5.56. The highest BCUT2D eigenvalue weighted by Gasteiger charge is 2.40. The Morgan fingerprint density at radius 3 is 2.72 bits per heavy atom. The maximum absolute atomic E-state index is 12.3. The Balaban J connectivity index is 1.84. The van der Waals surface area contributed by atoms with Gasteiger partial charge in [-0.3, -0.25) is 9.69 Å². The van der Waals surface area contributed by atoms with Crippen LogP contribution in [0.5, 0.6) is 5.75 Å². The molecule has 3 aliphatic rings. The molecule has 0 spiro atoms. The van der Waals surface area contributed by atoms with Gasteiger partial charge < -0.3 is 5.11 Å². The van der Waals surface area contributed by atoms with Gasteiger partial charge in [-0.05, 0) is 50.9 Å². The molecule has 0 radical (unpaired) electrons. The van der Waals surface area contributed by atoms with E-state index in [1.807, 2.05) is 19.1 Å². The number of aromatic hydroxyl groups is 1. The van der Waals surface area contributed by atoms with E-state index in [4.69, 9.17) is 0 Å². The van der Waals surface area contributed by atoms with Gasteiger partial charge in [-0.2, -0.15) is 0 Å². The lowest BCUT2D eigenvalue weighted by molar-refractivity contribution is -0.136. The van der Waals surface area contributed by atoms with Gasteiger partial charge in [0.05, 0.1) is 6.04 Å². The molecule has 3 aliphatic heterocycles. The van der Waals surface area contributed by atoms with Gasteiger partial charge in [0.2, 0.25) is 0 Å². The lowest BCUT2D eigenvalue weighted by atomic mass is 9.80. The molecule has 2 bridgehead atoms. The van der Waals surface area contributed by atoms with Crippen LogP contribution in [0, 0.1) is 12.8 Å². The largest absolute Gasteiger partial charge is 0.508 e. The Bertz CT molecular complexity index is 475. The summed E-state index contributed by atoms with van der Waals surface area (Å²) in [6.45, 7) is 4.08. The van der Waals surface area contributed by atoms with Gasteiger partial charge >= 0.3 is 0 Å². The molecule has 3 nitrogen and oxygen atoms in total. The smallest absolute Gasteiger partial charge is 0.153 e. The highest BCUT2D eigenvalue weighted by Crippen LogP contribution is 2.32. The molecule has 3 fully saturated rings. The minimum atomic E-state index is -0.00907. The third-order valence-electron chi connectivity index (χ3n) is 4.35. The van der Waals surface area contributed by atoms with Crippen molar-refractivity contribution in [3.63, 3.8) is 0 Å².